The molecule has 3 heterocycles. The maximum absolute atomic E-state index is 15.1. The van der Waals surface area contributed by atoms with Gasteiger partial charge in [0.15, 0.2) is 5.82 Å². The first-order chi connectivity index (χ1) is 20.0. The quantitative estimate of drug-likeness (QED) is 0.169. The van der Waals surface area contributed by atoms with Crippen LogP contribution in [0.25, 0.3) is 11.3 Å². The predicted molar refractivity (Wildman–Crippen MR) is 163 cm³/mol. The van der Waals surface area contributed by atoms with Crippen LogP contribution in [0.1, 0.15) is 43.5 Å². The second kappa shape index (κ2) is 12.7. The Morgan fingerprint density at radius 2 is 2.05 bits per heavy atom. The zero-order valence-corrected chi connectivity index (χ0v) is 25.1. The number of aromatic nitrogens is 2. The van der Waals surface area contributed by atoms with Crippen molar-refractivity contribution in [3.05, 3.63) is 76.8 Å². The molecule has 4 rings (SSSR count). The van der Waals surface area contributed by atoms with E-state index in [1.54, 1.807) is 30.3 Å². The third-order valence-electron chi connectivity index (χ3n) is 7.30. The summed E-state index contributed by atoms with van der Waals surface area (Å²) in [6.07, 6.45) is 3.61. The van der Waals surface area contributed by atoms with Crippen molar-refractivity contribution in [1.29, 1.82) is 0 Å². The Bertz CT molecular complexity index is 1540. The molecular formula is C31H34ClFN6O3. The van der Waals surface area contributed by atoms with E-state index in [0.717, 1.165) is 5.56 Å². The van der Waals surface area contributed by atoms with Crippen LogP contribution in [0, 0.1) is 12.7 Å². The number of aliphatic imine (C=N–C) groups is 1. The van der Waals surface area contributed by atoms with Crippen molar-refractivity contribution < 1.29 is 19.1 Å². The van der Waals surface area contributed by atoms with Crippen LogP contribution in [-0.2, 0) is 9.59 Å². The van der Waals surface area contributed by atoms with Crippen LogP contribution >= 0.6 is 11.6 Å². The van der Waals surface area contributed by atoms with Gasteiger partial charge < -0.3 is 14.9 Å². The number of benzene rings is 1. The minimum atomic E-state index is -0.720. The lowest BCUT2D eigenvalue weighted by atomic mass is 10.0. The number of piperazine rings is 1. The molecule has 0 spiro atoms. The van der Waals surface area contributed by atoms with Crippen molar-refractivity contribution in [3.63, 3.8) is 0 Å². The number of hydrogen-bond acceptors (Lipinski definition) is 6. The van der Waals surface area contributed by atoms with Crippen molar-refractivity contribution in [2.75, 3.05) is 31.6 Å². The van der Waals surface area contributed by atoms with Gasteiger partial charge in [-0.2, -0.15) is 0 Å². The number of phenols is 1. The third kappa shape index (κ3) is 5.72. The number of carbonyl (C=O) groups is 2. The Morgan fingerprint density at radius 3 is 2.64 bits per heavy atom. The van der Waals surface area contributed by atoms with E-state index in [-0.39, 0.29) is 45.7 Å². The number of halogens is 2. The molecule has 1 atom stereocenters. The Hall–Kier alpha value is -4.31. The molecular weight excluding hydrogens is 559 g/mol. The molecule has 11 heteroatoms. The zero-order valence-electron chi connectivity index (χ0n) is 24.3. The van der Waals surface area contributed by atoms with Gasteiger partial charge in [0.25, 0.3) is 0 Å². The summed E-state index contributed by atoms with van der Waals surface area (Å²) >= 11 is 6.75. The summed E-state index contributed by atoms with van der Waals surface area (Å²) in [6, 6.07) is 7.14. The van der Waals surface area contributed by atoms with Crippen molar-refractivity contribution >= 4 is 41.3 Å². The summed E-state index contributed by atoms with van der Waals surface area (Å²) in [5, 5.41) is 10.6. The van der Waals surface area contributed by atoms with E-state index in [2.05, 4.69) is 16.6 Å². The first-order valence-corrected chi connectivity index (χ1v) is 13.9. The maximum atomic E-state index is 15.1. The number of carbonyl (C=O) groups excluding carboxylic acids is 2. The second-order valence-corrected chi connectivity index (χ2v) is 10.8. The van der Waals surface area contributed by atoms with Gasteiger partial charge in [0.2, 0.25) is 12.3 Å². The van der Waals surface area contributed by atoms with E-state index in [1.807, 2.05) is 32.6 Å². The van der Waals surface area contributed by atoms with Crippen LogP contribution in [0.3, 0.4) is 0 Å². The molecule has 1 aliphatic heterocycles. The fourth-order valence-corrected chi connectivity index (χ4v) is 5.52. The van der Waals surface area contributed by atoms with E-state index in [0.29, 0.717) is 48.8 Å². The fraction of sp³-hybridized carbons (Fsp3) is 0.323. The lowest BCUT2D eigenvalue weighted by molar-refractivity contribution is -0.128. The van der Waals surface area contributed by atoms with Gasteiger partial charge in [0.05, 0.1) is 33.2 Å². The third-order valence-corrected chi connectivity index (χ3v) is 7.59. The van der Waals surface area contributed by atoms with Crippen molar-refractivity contribution in [2.24, 2.45) is 4.99 Å². The summed E-state index contributed by atoms with van der Waals surface area (Å²) in [7, 11) is 1.62. The van der Waals surface area contributed by atoms with Crippen LogP contribution in [0.5, 0.6) is 5.75 Å². The molecule has 42 heavy (non-hydrogen) atoms. The molecule has 3 aromatic rings. The minimum absolute atomic E-state index is 0.0320. The molecule has 1 fully saturated rings. The lowest BCUT2D eigenvalue weighted by Gasteiger charge is -2.41. The molecule has 1 aromatic carbocycles. The molecule has 1 saturated heterocycles. The monoisotopic (exact) mass is 592 g/mol. The van der Waals surface area contributed by atoms with Gasteiger partial charge in [-0.15, -0.1) is 0 Å². The smallest absolute Gasteiger partial charge is 0.246 e. The SMILES string of the molecule is C=CC(=O)N1CCN(C(=NC)c2cc(Cl)c(-c3c(O)cccc3F)nc2N(C=O)c2c(C)ccnc2C(C)C)C(C)C1. The van der Waals surface area contributed by atoms with Gasteiger partial charge >= 0.3 is 0 Å². The number of phenolic OH excluding ortho intramolecular Hbond substituents is 1. The van der Waals surface area contributed by atoms with Crippen molar-refractivity contribution in [2.45, 2.75) is 39.7 Å². The Balaban J connectivity index is 1.98. The van der Waals surface area contributed by atoms with Crippen LogP contribution in [0.4, 0.5) is 15.9 Å². The van der Waals surface area contributed by atoms with E-state index in [4.69, 9.17) is 16.6 Å². The fourth-order valence-electron chi connectivity index (χ4n) is 5.27. The number of amidine groups is 1. The molecule has 0 saturated carbocycles. The van der Waals surface area contributed by atoms with Crippen LogP contribution in [0.2, 0.25) is 5.02 Å². The molecule has 0 aliphatic carbocycles. The minimum Gasteiger partial charge on any atom is -0.507 e. The number of aromatic hydroxyl groups is 1. The van der Waals surface area contributed by atoms with Crippen LogP contribution in [-0.4, -0.2) is 75.8 Å². The molecule has 220 valence electrons. The average molecular weight is 593 g/mol. The molecule has 0 radical (unpaired) electrons. The van der Waals surface area contributed by atoms with Gasteiger partial charge in [-0.25, -0.2) is 9.37 Å². The van der Waals surface area contributed by atoms with Gasteiger partial charge in [-0.1, -0.05) is 38.1 Å². The van der Waals surface area contributed by atoms with Crippen molar-refractivity contribution in [1.82, 2.24) is 19.8 Å². The molecule has 2 amide bonds. The van der Waals surface area contributed by atoms with E-state index < -0.39 is 5.82 Å². The largest absolute Gasteiger partial charge is 0.507 e. The lowest BCUT2D eigenvalue weighted by Crippen LogP contribution is -2.55. The first kappa shape index (κ1) is 30.6. The number of pyridine rings is 2. The van der Waals surface area contributed by atoms with E-state index >= 15 is 4.39 Å². The first-order valence-electron chi connectivity index (χ1n) is 13.6. The number of rotatable bonds is 7. The van der Waals surface area contributed by atoms with Gasteiger partial charge in [-0.3, -0.25) is 24.5 Å². The topological polar surface area (TPSA) is 102 Å². The molecule has 1 unspecified atom stereocenters. The van der Waals surface area contributed by atoms with Crippen molar-refractivity contribution in [3.8, 4) is 17.0 Å². The summed E-state index contributed by atoms with van der Waals surface area (Å²) in [6.45, 7) is 12.7. The predicted octanol–water partition coefficient (Wildman–Crippen LogP) is 5.46. The number of aryl methyl sites for hydroxylation is 1. The zero-order chi connectivity index (χ0) is 30.7. The number of anilines is 2. The highest BCUT2D eigenvalue weighted by molar-refractivity contribution is 6.33. The summed E-state index contributed by atoms with van der Waals surface area (Å²) in [4.78, 5) is 44.2. The summed E-state index contributed by atoms with van der Waals surface area (Å²) in [5.74, 6) is -0.632. The Labute approximate surface area is 250 Å². The standard InChI is InChI=1S/C31H34ClFN6O3/c1-7-25(42)37-13-14-38(20(5)16-37)30(34-6)21-15-22(32)28(26-23(33)9-8-10-24(26)41)36-31(21)39(17-40)29-19(4)11-12-35-27(29)18(2)3/h7-12,15,17-18,20,41H,1,13-14,16H2,2-6H3. The highest BCUT2D eigenvalue weighted by Gasteiger charge is 2.33. The molecule has 1 N–H and O–H groups in total. The summed E-state index contributed by atoms with van der Waals surface area (Å²) < 4.78 is 15.1. The molecule has 9 nitrogen and oxygen atoms in total. The Kier molecular flexibility index (Phi) is 9.26. The number of hydrogen-bond donors (Lipinski definition) is 1. The maximum Gasteiger partial charge on any atom is 0.246 e. The molecule has 1 aliphatic rings. The molecule has 2 aromatic heterocycles. The highest BCUT2D eigenvalue weighted by atomic mass is 35.5. The van der Waals surface area contributed by atoms with Gasteiger partial charge in [-0.05, 0) is 55.7 Å². The molecule has 0 bridgehead atoms. The van der Waals surface area contributed by atoms with E-state index in [9.17, 15) is 14.7 Å². The van der Waals surface area contributed by atoms with Crippen LogP contribution in [0.15, 0.2) is 54.2 Å². The summed E-state index contributed by atoms with van der Waals surface area (Å²) in [5.41, 5.74) is 2.18. The normalized spacial score (nSPS) is 15.6. The average Bonchev–Trinajstić information content (AvgIpc) is 2.96. The van der Waals surface area contributed by atoms with Crippen LogP contribution < -0.4 is 4.90 Å². The second-order valence-electron chi connectivity index (χ2n) is 10.4. The van der Waals surface area contributed by atoms with E-state index in [1.165, 1.54) is 29.2 Å². The number of amides is 2. The number of nitrogens with zero attached hydrogens (tertiary/aromatic N) is 6. The Morgan fingerprint density at radius 1 is 1.31 bits per heavy atom. The van der Waals surface area contributed by atoms with Gasteiger partial charge in [0, 0.05) is 38.9 Å². The van der Waals surface area contributed by atoms with Gasteiger partial charge in [0.1, 0.15) is 17.4 Å². The highest BCUT2D eigenvalue weighted by Crippen LogP contribution is 2.41.